The van der Waals surface area contributed by atoms with Crippen LogP contribution in [0.4, 0.5) is 0 Å². The van der Waals surface area contributed by atoms with Crippen molar-refractivity contribution in [2.45, 2.75) is 44.1 Å². The van der Waals surface area contributed by atoms with Crippen molar-refractivity contribution < 1.29 is 59.2 Å². The van der Waals surface area contributed by atoms with E-state index in [1.54, 1.807) is 12.1 Å². The van der Waals surface area contributed by atoms with Crippen LogP contribution in [0.25, 0.3) is 0 Å². The van der Waals surface area contributed by atoms with Gasteiger partial charge in [-0.2, -0.15) is 0 Å². The van der Waals surface area contributed by atoms with Crippen LogP contribution < -0.4 is 9.47 Å². The Kier molecular flexibility index (Phi) is 8.35. The van der Waals surface area contributed by atoms with Gasteiger partial charge in [-0.15, -0.1) is 0 Å². The number of hydrogen-bond acceptors (Lipinski definition) is 12. The lowest BCUT2D eigenvalue weighted by Crippen LogP contribution is -2.60. The molecule has 1 saturated heterocycles. The van der Waals surface area contributed by atoms with E-state index in [9.17, 15) is 40.2 Å². The number of benzene rings is 2. The Morgan fingerprint density at radius 1 is 0.914 bits per heavy atom. The van der Waals surface area contributed by atoms with E-state index in [1.807, 2.05) is 0 Å². The maximum absolute atomic E-state index is 12.2. The van der Waals surface area contributed by atoms with Crippen LogP contribution in [0, 0.1) is 0 Å². The number of aliphatic hydroxyl groups is 3. The van der Waals surface area contributed by atoms with Crippen molar-refractivity contribution in [3.05, 3.63) is 42.0 Å². The highest BCUT2D eigenvalue weighted by atomic mass is 16.7. The molecule has 2 aromatic rings. The van der Waals surface area contributed by atoms with E-state index < -0.39 is 60.5 Å². The SMILES string of the molecule is CC(=O)CCOc1ccc(O[C@@H]2O[C@H](COC(=O)c3cc(O)c(O)c(O)c3)[C@@H](O)[C@H](O)[C@H]2O)cc1. The fourth-order valence-electron chi connectivity index (χ4n) is 3.18. The summed E-state index contributed by atoms with van der Waals surface area (Å²) < 4.78 is 21.5. The maximum atomic E-state index is 12.2. The van der Waals surface area contributed by atoms with Gasteiger partial charge in [-0.25, -0.2) is 4.79 Å². The summed E-state index contributed by atoms with van der Waals surface area (Å²) in [7, 11) is 0. The third kappa shape index (κ3) is 6.51. The Hall–Kier alpha value is -3.58. The summed E-state index contributed by atoms with van der Waals surface area (Å²) in [4.78, 5) is 23.2. The summed E-state index contributed by atoms with van der Waals surface area (Å²) in [5.74, 6) is -2.60. The van der Waals surface area contributed by atoms with Crippen molar-refractivity contribution in [2.24, 2.45) is 0 Å². The first-order valence-corrected chi connectivity index (χ1v) is 10.6. The second-order valence-corrected chi connectivity index (χ2v) is 7.87. The third-order valence-corrected chi connectivity index (χ3v) is 5.15. The van der Waals surface area contributed by atoms with Gasteiger partial charge in [0.1, 0.15) is 48.3 Å². The summed E-state index contributed by atoms with van der Waals surface area (Å²) in [6.45, 7) is 1.10. The Morgan fingerprint density at radius 3 is 2.11 bits per heavy atom. The van der Waals surface area contributed by atoms with Gasteiger partial charge in [-0.3, -0.25) is 4.79 Å². The second kappa shape index (κ2) is 11.2. The van der Waals surface area contributed by atoms with E-state index >= 15 is 0 Å². The molecule has 2 aromatic carbocycles. The Bertz CT molecular complexity index is 1010. The molecule has 0 amide bonds. The number of aliphatic hydroxyl groups excluding tert-OH is 3. The molecule has 12 heteroatoms. The molecule has 35 heavy (non-hydrogen) atoms. The standard InChI is InChI=1S/C23H26O12/c1-11(24)6-7-32-13-2-4-14(5-3-13)34-23-21(30)20(29)19(28)17(35-23)10-33-22(31)12-8-15(25)18(27)16(26)9-12/h2-5,8-9,17,19-21,23,25-30H,6-7,10H2,1H3/t17-,19-,20+,21-,23-/m1/s1. The molecular weight excluding hydrogens is 468 g/mol. The monoisotopic (exact) mass is 494 g/mol. The van der Waals surface area contributed by atoms with Gasteiger partial charge in [0.25, 0.3) is 0 Å². The number of carbonyl (C=O) groups excluding carboxylic acids is 2. The number of Topliss-reactive ketones (excluding diaryl/α,β-unsaturated/α-hetero) is 1. The van der Waals surface area contributed by atoms with Gasteiger partial charge in [0, 0.05) is 6.42 Å². The average Bonchev–Trinajstić information content (AvgIpc) is 2.82. The fourth-order valence-corrected chi connectivity index (χ4v) is 3.18. The molecule has 1 aliphatic rings. The predicted molar refractivity (Wildman–Crippen MR) is 116 cm³/mol. The second-order valence-electron chi connectivity index (χ2n) is 7.87. The lowest BCUT2D eigenvalue weighted by Gasteiger charge is -2.39. The number of esters is 1. The van der Waals surface area contributed by atoms with Crippen molar-refractivity contribution in [1.82, 2.24) is 0 Å². The lowest BCUT2D eigenvalue weighted by molar-refractivity contribution is -0.277. The summed E-state index contributed by atoms with van der Waals surface area (Å²) in [6.07, 6.45) is -7.40. The molecule has 1 aliphatic heterocycles. The van der Waals surface area contributed by atoms with E-state index in [-0.39, 0.29) is 30.1 Å². The topological polar surface area (TPSA) is 192 Å². The molecule has 0 aromatic heterocycles. The van der Waals surface area contributed by atoms with Crippen LogP contribution in [-0.4, -0.2) is 86.3 Å². The third-order valence-electron chi connectivity index (χ3n) is 5.15. The van der Waals surface area contributed by atoms with Crippen LogP contribution in [0.5, 0.6) is 28.7 Å². The molecule has 0 bridgehead atoms. The number of rotatable bonds is 9. The van der Waals surface area contributed by atoms with Crippen molar-refractivity contribution >= 4 is 11.8 Å². The molecule has 0 aliphatic carbocycles. The van der Waals surface area contributed by atoms with Crippen LogP contribution in [0.2, 0.25) is 0 Å². The minimum Gasteiger partial charge on any atom is -0.504 e. The van der Waals surface area contributed by atoms with Crippen molar-refractivity contribution in [3.63, 3.8) is 0 Å². The predicted octanol–water partition coefficient (Wildman–Crippen LogP) is 0.205. The van der Waals surface area contributed by atoms with E-state index in [4.69, 9.17) is 18.9 Å². The number of ether oxygens (including phenoxy) is 4. The van der Waals surface area contributed by atoms with E-state index in [1.165, 1.54) is 19.1 Å². The highest BCUT2D eigenvalue weighted by Gasteiger charge is 2.45. The summed E-state index contributed by atoms with van der Waals surface area (Å²) in [5, 5.41) is 59.1. The number of phenols is 3. The quantitative estimate of drug-likeness (QED) is 0.205. The number of carbonyl (C=O) groups is 2. The number of ketones is 1. The van der Waals surface area contributed by atoms with Crippen molar-refractivity contribution in [2.75, 3.05) is 13.2 Å². The van der Waals surface area contributed by atoms with E-state index in [0.29, 0.717) is 5.75 Å². The lowest BCUT2D eigenvalue weighted by atomic mass is 9.99. The smallest absolute Gasteiger partial charge is 0.338 e. The van der Waals surface area contributed by atoms with Gasteiger partial charge in [0.05, 0.1) is 12.2 Å². The van der Waals surface area contributed by atoms with Crippen LogP contribution in [0.15, 0.2) is 36.4 Å². The highest BCUT2D eigenvalue weighted by Crippen LogP contribution is 2.35. The van der Waals surface area contributed by atoms with Gasteiger partial charge in [-0.05, 0) is 43.3 Å². The average molecular weight is 494 g/mol. The Labute approximate surface area is 199 Å². The molecule has 190 valence electrons. The molecule has 1 fully saturated rings. The van der Waals surface area contributed by atoms with E-state index in [0.717, 1.165) is 12.1 Å². The summed E-state index contributed by atoms with van der Waals surface area (Å²) in [5.41, 5.74) is -0.290. The van der Waals surface area contributed by atoms with Crippen molar-refractivity contribution in [3.8, 4) is 28.7 Å². The number of aromatic hydroxyl groups is 3. The Balaban J connectivity index is 1.60. The fraction of sp³-hybridized carbons (Fsp3) is 0.391. The zero-order valence-corrected chi connectivity index (χ0v) is 18.6. The first kappa shape index (κ1) is 26.0. The minimum atomic E-state index is -1.69. The number of phenolic OH excluding ortho intramolecular Hbond substituents is 3. The van der Waals surface area contributed by atoms with Crippen molar-refractivity contribution in [1.29, 1.82) is 0 Å². The van der Waals surface area contributed by atoms with Gasteiger partial charge >= 0.3 is 5.97 Å². The normalized spacial score (nSPS) is 23.9. The molecule has 0 unspecified atom stereocenters. The molecule has 6 N–H and O–H groups in total. The first-order chi connectivity index (χ1) is 16.6. The van der Waals surface area contributed by atoms with Crippen LogP contribution in [-0.2, 0) is 14.3 Å². The molecule has 0 saturated carbocycles. The molecule has 12 nitrogen and oxygen atoms in total. The van der Waals surface area contributed by atoms with Gasteiger partial charge in [0.2, 0.25) is 6.29 Å². The number of hydrogen-bond donors (Lipinski definition) is 6. The zero-order chi connectivity index (χ0) is 25.7. The molecular formula is C23H26O12. The highest BCUT2D eigenvalue weighted by molar-refractivity contribution is 5.91. The van der Waals surface area contributed by atoms with Gasteiger partial charge < -0.3 is 49.6 Å². The maximum Gasteiger partial charge on any atom is 0.338 e. The molecule has 0 spiro atoms. The van der Waals surface area contributed by atoms with Crippen LogP contribution in [0.3, 0.4) is 0 Å². The minimum absolute atomic E-state index is 0.00581. The van der Waals surface area contributed by atoms with Crippen LogP contribution in [0.1, 0.15) is 23.7 Å². The van der Waals surface area contributed by atoms with Crippen LogP contribution >= 0.6 is 0 Å². The van der Waals surface area contributed by atoms with Gasteiger partial charge in [-0.1, -0.05) is 0 Å². The molecule has 3 rings (SSSR count). The van der Waals surface area contributed by atoms with E-state index in [2.05, 4.69) is 0 Å². The molecule has 5 atom stereocenters. The Morgan fingerprint density at radius 2 is 1.51 bits per heavy atom. The molecule has 0 radical (unpaired) electrons. The first-order valence-electron chi connectivity index (χ1n) is 10.6. The zero-order valence-electron chi connectivity index (χ0n) is 18.6. The molecule has 1 heterocycles. The summed E-state index contributed by atoms with van der Waals surface area (Å²) >= 11 is 0. The summed E-state index contributed by atoms with van der Waals surface area (Å²) in [6, 6.07) is 7.89. The van der Waals surface area contributed by atoms with Gasteiger partial charge in [0.15, 0.2) is 17.2 Å². The largest absolute Gasteiger partial charge is 0.504 e.